The third-order valence-corrected chi connectivity index (χ3v) is 4.41. The van der Waals surface area contributed by atoms with Crippen LogP contribution in [0.4, 0.5) is 11.8 Å². The van der Waals surface area contributed by atoms with Gasteiger partial charge in [0.25, 0.3) is 0 Å². The van der Waals surface area contributed by atoms with Gasteiger partial charge in [0.15, 0.2) is 0 Å². The normalized spacial score (nSPS) is 12.6. The fraction of sp³-hybridized carbons (Fsp3) is 0.538. The molecule has 2 rings (SSSR count). The molecular formula is C13H21N5S. The summed E-state index contributed by atoms with van der Waals surface area (Å²) in [5, 5.41) is 4.50. The van der Waals surface area contributed by atoms with Crippen LogP contribution in [0.5, 0.6) is 0 Å². The van der Waals surface area contributed by atoms with Crippen LogP contribution < -0.4 is 16.6 Å². The van der Waals surface area contributed by atoms with Gasteiger partial charge in [-0.2, -0.15) is 4.98 Å². The molecule has 4 N–H and O–H groups in total. The first kappa shape index (κ1) is 14.0. The Labute approximate surface area is 117 Å². The number of nitrogens with one attached hydrogen (secondary N) is 2. The molecule has 0 saturated heterocycles. The van der Waals surface area contributed by atoms with Crippen LogP contribution in [0.3, 0.4) is 0 Å². The second kappa shape index (κ2) is 6.16. The summed E-state index contributed by atoms with van der Waals surface area (Å²) in [6.07, 6.45) is 2.16. The number of rotatable bonds is 6. The molecule has 0 aliphatic rings. The van der Waals surface area contributed by atoms with E-state index in [9.17, 15) is 0 Å². The minimum Gasteiger partial charge on any atom is -0.369 e. The topological polar surface area (TPSA) is 75.9 Å². The number of aryl methyl sites for hydroxylation is 1. The highest BCUT2D eigenvalue weighted by Crippen LogP contribution is 2.30. The van der Waals surface area contributed by atoms with Gasteiger partial charge in [-0.15, -0.1) is 11.3 Å². The maximum absolute atomic E-state index is 5.43. The highest BCUT2D eigenvalue weighted by atomic mass is 32.1. The summed E-state index contributed by atoms with van der Waals surface area (Å²) in [7, 11) is 0. The van der Waals surface area contributed by atoms with Gasteiger partial charge in [-0.05, 0) is 18.4 Å². The Morgan fingerprint density at radius 1 is 1.37 bits per heavy atom. The molecule has 0 amide bonds. The SMILES string of the molecule is CCc1cc2c(NCC(C)CC)nc(NN)nc2s1. The smallest absolute Gasteiger partial charge is 0.240 e. The van der Waals surface area contributed by atoms with Gasteiger partial charge < -0.3 is 5.32 Å². The van der Waals surface area contributed by atoms with Gasteiger partial charge in [0.05, 0.1) is 5.39 Å². The lowest BCUT2D eigenvalue weighted by Crippen LogP contribution is -2.14. The Balaban J connectivity index is 2.35. The number of hydrazine groups is 1. The van der Waals surface area contributed by atoms with E-state index in [1.807, 2.05) is 0 Å². The Morgan fingerprint density at radius 2 is 2.16 bits per heavy atom. The number of thiophene rings is 1. The average Bonchev–Trinajstić information content (AvgIpc) is 2.86. The van der Waals surface area contributed by atoms with Crippen LogP contribution in [0.1, 0.15) is 32.1 Å². The molecule has 0 aliphatic heterocycles. The Bertz CT molecular complexity index is 551. The van der Waals surface area contributed by atoms with Gasteiger partial charge in [0, 0.05) is 11.4 Å². The van der Waals surface area contributed by atoms with Crippen LogP contribution in [-0.2, 0) is 6.42 Å². The predicted octanol–water partition coefficient (Wildman–Crippen LogP) is 3.00. The monoisotopic (exact) mass is 279 g/mol. The maximum Gasteiger partial charge on any atom is 0.240 e. The molecule has 0 aromatic carbocycles. The zero-order valence-electron chi connectivity index (χ0n) is 11.7. The van der Waals surface area contributed by atoms with Crippen molar-refractivity contribution < 1.29 is 0 Å². The first-order chi connectivity index (χ1) is 9.17. The predicted molar refractivity (Wildman–Crippen MR) is 82.5 cm³/mol. The minimum atomic E-state index is 0.462. The summed E-state index contributed by atoms with van der Waals surface area (Å²) in [4.78, 5) is 11.1. The van der Waals surface area contributed by atoms with Crippen molar-refractivity contribution >= 4 is 33.3 Å². The molecule has 0 fully saturated rings. The summed E-state index contributed by atoms with van der Waals surface area (Å²) >= 11 is 1.69. The van der Waals surface area contributed by atoms with Crippen LogP contribution in [-0.4, -0.2) is 16.5 Å². The molecule has 0 aliphatic carbocycles. The molecule has 6 heteroatoms. The van der Waals surface area contributed by atoms with Gasteiger partial charge in [-0.1, -0.05) is 27.2 Å². The van der Waals surface area contributed by atoms with Gasteiger partial charge in [-0.25, -0.2) is 10.8 Å². The second-order valence-electron chi connectivity index (χ2n) is 4.72. The van der Waals surface area contributed by atoms with E-state index in [0.717, 1.165) is 35.4 Å². The van der Waals surface area contributed by atoms with E-state index >= 15 is 0 Å². The molecule has 104 valence electrons. The van der Waals surface area contributed by atoms with Crippen LogP contribution in [0.2, 0.25) is 0 Å². The first-order valence-corrected chi connectivity index (χ1v) is 7.50. The van der Waals surface area contributed by atoms with Gasteiger partial charge >= 0.3 is 0 Å². The van der Waals surface area contributed by atoms with Crippen molar-refractivity contribution in [1.82, 2.24) is 9.97 Å². The zero-order valence-corrected chi connectivity index (χ0v) is 12.5. The highest BCUT2D eigenvalue weighted by molar-refractivity contribution is 7.18. The van der Waals surface area contributed by atoms with Crippen molar-refractivity contribution in [3.8, 4) is 0 Å². The molecular weight excluding hydrogens is 258 g/mol. The number of nitrogens with two attached hydrogens (primary N) is 1. The fourth-order valence-electron chi connectivity index (χ4n) is 1.76. The Hall–Kier alpha value is -1.40. The number of nitrogen functional groups attached to an aromatic ring is 1. The summed E-state index contributed by atoms with van der Waals surface area (Å²) in [6, 6.07) is 2.17. The lowest BCUT2D eigenvalue weighted by molar-refractivity contribution is 0.593. The lowest BCUT2D eigenvalue weighted by atomic mass is 10.1. The maximum atomic E-state index is 5.43. The number of anilines is 2. The van der Waals surface area contributed by atoms with Crippen molar-refractivity contribution in [2.24, 2.45) is 11.8 Å². The van der Waals surface area contributed by atoms with Gasteiger partial charge in [-0.3, -0.25) is 5.43 Å². The number of fused-ring (bicyclic) bond motifs is 1. The number of hydrogen-bond donors (Lipinski definition) is 3. The lowest BCUT2D eigenvalue weighted by Gasteiger charge is -2.12. The molecule has 0 saturated carbocycles. The van der Waals surface area contributed by atoms with Crippen molar-refractivity contribution in [2.45, 2.75) is 33.6 Å². The molecule has 2 heterocycles. The van der Waals surface area contributed by atoms with E-state index in [2.05, 4.69) is 47.5 Å². The molecule has 5 nitrogen and oxygen atoms in total. The van der Waals surface area contributed by atoms with E-state index < -0.39 is 0 Å². The molecule has 0 spiro atoms. The number of hydrogen-bond acceptors (Lipinski definition) is 6. The van der Waals surface area contributed by atoms with Crippen molar-refractivity contribution in [2.75, 3.05) is 17.3 Å². The van der Waals surface area contributed by atoms with E-state index in [0.29, 0.717) is 11.9 Å². The third kappa shape index (κ3) is 3.13. The van der Waals surface area contributed by atoms with Crippen LogP contribution in [0.15, 0.2) is 6.07 Å². The van der Waals surface area contributed by atoms with Crippen molar-refractivity contribution in [3.63, 3.8) is 0 Å². The van der Waals surface area contributed by atoms with Crippen LogP contribution >= 0.6 is 11.3 Å². The number of nitrogens with zero attached hydrogens (tertiary/aromatic N) is 2. The quantitative estimate of drug-likeness (QED) is 0.560. The van der Waals surface area contributed by atoms with E-state index in [1.54, 1.807) is 11.3 Å². The molecule has 19 heavy (non-hydrogen) atoms. The largest absolute Gasteiger partial charge is 0.369 e. The third-order valence-electron chi connectivity index (χ3n) is 3.24. The molecule has 2 aromatic heterocycles. The number of aromatic nitrogens is 2. The Morgan fingerprint density at radius 3 is 2.79 bits per heavy atom. The molecule has 0 radical (unpaired) electrons. The van der Waals surface area contributed by atoms with E-state index in [-0.39, 0.29) is 0 Å². The fourth-order valence-corrected chi connectivity index (χ4v) is 2.73. The van der Waals surface area contributed by atoms with Crippen molar-refractivity contribution in [3.05, 3.63) is 10.9 Å². The minimum absolute atomic E-state index is 0.462. The summed E-state index contributed by atoms with van der Waals surface area (Å²) in [6.45, 7) is 7.46. The van der Waals surface area contributed by atoms with Crippen molar-refractivity contribution in [1.29, 1.82) is 0 Å². The molecule has 1 atom stereocenters. The summed E-state index contributed by atoms with van der Waals surface area (Å²) < 4.78 is 0. The average molecular weight is 279 g/mol. The molecule has 0 bridgehead atoms. The van der Waals surface area contributed by atoms with E-state index in [1.165, 1.54) is 4.88 Å². The molecule has 1 unspecified atom stereocenters. The highest BCUT2D eigenvalue weighted by Gasteiger charge is 2.11. The first-order valence-electron chi connectivity index (χ1n) is 6.68. The zero-order chi connectivity index (χ0) is 13.8. The standard InChI is InChI=1S/C13H21N5S/c1-4-8(3)7-15-11-10-6-9(5-2)19-12(10)17-13(16-11)18-14/h6,8H,4-5,7,14H2,1-3H3,(H2,15,16,17,18). The molecule has 2 aromatic rings. The van der Waals surface area contributed by atoms with E-state index in [4.69, 9.17) is 5.84 Å². The van der Waals surface area contributed by atoms with Crippen LogP contribution in [0, 0.1) is 5.92 Å². The second-order valence-corrected chi connectivity index (χ2v) is 5.83. The Kier molecular flexibility index (Phi) is 4.55. The van der Waals surface area contributed by atoms with Gasteiger partial charge in [0.1, 0.15) is 10.6 Å². The van der Waals surface area contributed by atoms with Crippen LogP contribution in [0.25, 0.3) is 10.2 Å². The summed E-state index contributed by atoms with van der Waals surface area (Å²) in [5.74, 6) is 7.38. The van der Waals surface area contributed by atoms with Gasteiger partial charge in [0.2, 0.25) is 5.95 Å². The summed E-state index contributed by atoms with van der Waals surface area (Å²) in [5.41, 5.74) is 2.53.